The van der Waals surface area contributed by atoms with Crippen molar-refractivity contribution in [1.82, 2.24) is 5.32 Å². The first-order valence-electron chi connectivity index (χ1n) is 4.51. The third-order valence-electron chi connectivity index (χ3n) is 1.71. The highest BCUT2D eigenvalue weighted by atomic mass is 35.5. The molecule has 0 aromatic rings. The Hall–Kier alpha value is 0.250. The molecule has 0 fully saturated rings. The minimum Gasteiger partial charge on any atom is -0.315 e. The van der Waals surface area contributed by atoms with Gasteiger partial charge in [0.1, 0.15) is 0 Å². The van der Waals surface area contributed by atoms with Crippen LogP contribution in [-0.2, 0) is 0 Å². The van der Waals surface area contributed by atoms with Crippen molar-refractivity contribution in [2.45, 2.75) is 39.0 Å². The van der Waals surface area contributed by atoms with Gasteiger partial charge in [0.05, 0.1) is 0 Å². The van der Waals surface area contributed by atoms with E-state index in [1.807, 2.05) is 0 Å². The molecule has 0 heterocycles. The second-order valence-corrected chi connectivity index (χ2v) is 4.01. The minimum atomic E-state index is 0.308. The van der Waals surface area contributed by atoms with E-state index in [1.165, 1.54) is 6.42 Å². The van der Waals surface area contributed by atoms with Gasteiger partial charge < -0.3 is 5.32 Å². The lowest BCUT2D eigenvalue weighted by Gasteiger charge is -2.09. The molecule has 0 aromatic heterocycles. The Kier molecular flexibility index (Phi) is 7.09. The normalized spacial score (nSPS) is 13.9. The van der Waals surface area contributed by atoms with Gasteiger partial charge in [-0.15, -0.1) is 11.6 Å². The summed E-state index contributed by atoms with van der Waals surface area (Å²) in [7, 11) is 0. The van der Waals surface area contributed by atoms with Gasteiger partial charge in [0.2, 0.25) is 0 Å². The fourth-order valence-electron chi connectivity index (χ4n) is 0.794. The maximum Gasteiger partial charge on any atom is 0.0458 e. The Balaban J connectivity index is 3.01. The van der Waals surface area contributed by atoms with E-state index in [0.29, 0.717) is 5.38 Å². The van der Waals surface area contributed by atoms with Crippen molar-refractivity contribution in [2.75, 3.05) is 13.1 Å². The molecule has 0 radical (unpaired) electrons. The molecular weight excluding hydrogens is 158 g/mol. The Labute approximate surface area is 75.5 Å². The second-order valence-electron chi connectivity index (χ2n) is 3.39. The monoisotopic (exact) mass is 177 g/mol. The standard InChI is InChI=1S/C9H20ClN/c1-4-9(10)7-11-6-5-8(2)3/h8-9,11H,4-7H2,1-3H3. The van der Waals surface area contributed by atoms with Gasteiger partial charge in [0.15, 0.2) is 0 Å². The maximum atomic E-state index is 5.92. The first-order valence-corrected chi connectivity index (χ1v) is 4.95. The number of hydrogen-bond donors (Lipinski definition) is 1. The van der Waals surface area contributed by atoms with Crippen LogP contribution in [0.2, 0.25) is 0 Å². The summed E-state index contributed by atoms with van der Waals surface area (Å²) in [5.41, 5.74) is 0. The van der Waals surface area contributed by atoms with Gasteiger partial charge in [0.25, 0.3) is 0 Å². The molecule has 0 aliphatic carbocycles. The quantitative estimate of drug-likeness (QED) is 0.486. The lowest BCUT2D eigenvalue weighted by molar-refractivity contribution is 0.532. The number of halogens is 1. The molecule has 0 aromatic carbocycles. The van der Waals surface area contributed by atoms with Gasteiger partial charge in [0, 0.05) is 11.9 Å². The number of alkyl halides is 1. The molecule has 2 heteroatoms. The van der Waals surface area contributed by atoms with Crippen molar-refractivity contribution >= 4 is 11.6 Å². The van der Waals surface area contributed by atoms with Gasteiger partial charge in [-0.3, -0.25) is 0 Å². The Morgan fingerprint density at radius 3 is 2.45 bits per heavy atom. The van der Waals surface area contributed by atoms with E-state index in [-0.39, 0.29) is 0 Å². The lowest BCUT2D eigenvalue weighted by atomic mass is 10.1. The van der Waals surface area contributed by atoms with E-state index in [9.17, 15) is 0 Å². The highest BCUT2D eigenvalue weighted by molar-refractivity contribution is 6.20. The largest absolute Gasteiger partial charge is 0.315 e. The molecule has 0 spiro atoms. The molecule has 0 saturated carbocycles. The van der Waals surface area contributed by atoms with Crippen LogP contribution in [0, 0.1) is 5.92 Å². The zero-order valence-corrected chi connectivity index (χ0v) is 8.62. The molecule has 0 rings (SSSR count). The maximum absolute atomic E-state index is 5.92. The van der Waals surface area contributed by atoms with Crippen LogP contribution in [0.3, 0.4) is 0 Å². The Morgan fingerprint density at radius 1 is 1.36 bits per heavy atom. The molecule has 0 aliphatic heterocycles. The summed E-state index contributed by atoms with van der Waals surface area (Å²) in [6.45, 7) is 8.63. The van der Waals surface area contributed by atoms with E-state index >= 15 is 0 Å². The summed E-state index contributed by atoms with van der Waals surface area (Å²) in [5.74, 6) is 0.790. The summed E-state index contributed by atoms with van der Waals surface area (Å²) in [5, 5.41) is 3.64. The second kappa shape index (κ2) is 6.93. The lowest BCUT2D eigenvalue weighted by Crippen LogP contribution is -2.24. The SMILES string of the molecule is CCC(Cl)CNCCC(C)C. The molecule has 0 aliphatic rings. The van der Waals surface area contributed by atoms with Crippen molar-refractivity contribution in [3.63, 3.8) is 0 Å². The van der Waals surface area contributed by atoms with Crippen LogP contribution < -0.4 is 5.32 Å². The molecule has 11 heavy (non-hydrogen) atoms. The molecule has 0 saturated heterocycles. The van der Waals surface area contributed by atoms with Gasteiger partial charge in [-0.2, -0.15) is 0 Å². The van der Waals surface area contributed by atoms with Crippen molar-refractivity contribution in [3.8, 4) is 0 Å². The predicted octanol–water partition coefficient (Wildman–Crippen LogP) is 2.64. The van der Waals surface area contributed by atoms with Gasteiger partial charge in [-0.25, -0.2) is 0 Å². The van der Waals surface area contributed by atoms with Crippen LogP contribution in [0.1, 0.15) is 33.6 Å². The van der Waals surface area contributed by atoms with Crippen LogP contribution in [0.4, 0.5) is 0 Å². The van der Waals surface area contributed by atoms with Gasteiger partial charge in [-0.1, -0.05) is 20.8 Å². The third kappa shape index (κ3) is 8.15. The molecule has 0 bridgehead atoms. The molecule has 1 nitrogen and oxygen atoms in total. The zero-order valence-electron chi connectivity index (χ0n) is 7.86. The fraction of sp³-hybridized carbons (Fsp3) is 1.00. The van der Waals surface area contributed by atoms with E-state index in [2.05, 4.69) is 26.1 Å². The van der Waals surface area contributed by atoms with E-state index in [4.69, 9.17) is 11.6 Å². The summed E-state index contributed by atoms with van der Waals surface area (Å²) in [6.07, 6.45) is 2.30. The highest BCUT2D eigenvalue weighted by Crippen LogP contribution is 2.00. The summed E-state index contributed by atoms with van der Waals surface area (Å²) < 4.78 is 0. The molecule has 1 atom stereocenters. The molecule has 0 amide bonds. The Morgan fingerprint density at radius 2 is 2.00 bits per heavy atom. The smallest absolute Gasteiger partial charge is 0.0458 e. The van der Waals surface area contributed by atoms with E-state index in [0.717, 1.165) is 25.4 Å². The number of rotatable bonds is 6. The van der Waals surface area contributed by atoms with Gasteiger partial charge in [-0.05, 0) is 25.3 Å². The molecule has 68 valence electrons. The first-order chi connectivity index (χ1) is 5.16. The molecule has 1 unspecified atom stereocenters. The van der Waals surface area contributed by atoms with E-state index in [1.54, 1.807) is 0 Å². The van der Waals surface area contributed by atoms with Crippen LogP contribution in [-0.4, -0.2) is 18.5 Å². The van der Waals surface area contributed by atoms with Crippen molar-refractivity contribution < 1.29 is 0 Å². The average Bonchev–Trinajstić information content (AvgIpc) is 1.97. The Bertz CT molecular complexity index is 83.6. The average molecular weight is 178 g/mol. The third-order valence-corrected chi connectivity index (χ3v) is 2.17. The van der Waals surface area contributed by atoms with Crippen molar-refractivity contribution in [2.24, 2.45) is 5.92 Å². The number of nitrogens with one attached hydrogen (secondary N) is 1. The summed E-state index contributed by atoms with van der Waals surface area (Å²) in [6, 6.07) is 0. The van der Waals surface area contributed by atoms with Crippen LogP contribution in [0.5, 0.6) is 0 Å². The van der Waals surface area contributed by atoms with Crippen molar-refractivity contribution in [1.29, 1.82) is 0 Å². The zero-order chi connectivity index (χ0) is 8.69. The minimum absolute atomic E-state index is 0.308. The molecule has 1 N–H and O–H groups in total. The fourth-order valence-corrected chi connectivity index (χ4v) is 0.903. The summed E-state index contributed by atoms with van der Waals surface area (Å²) in [4.78, 5) is 0. The van der Waals surface area contributed by atoms with Gasteiger partial charge >= 0.3 is 0 Å². The predicted molar refractivity (Wildman–Crippen MR) is 52.3 cm³/mol. The van der Waals surface area contributed by atoms with E-state index < -0.39 is 0 Å². The van der Waals surface area contributed by atoms with Crippen LogP contribution in [0.25, 0.3) is 0 Å². The summed E-state index contributed by atoms with van der Waals surface area (Å²) >= 11 is 5.92. The first kappa shape index (κ1) is 11.2. The number of hydrogen-bond acceptors (Lipinski definition) is 1. The topological polar surface area (TPSA) is 12.0 Å². The van der Waals surface area contributed by atoms with Crippen LogP contribution >= 0.6 is 11.6 Å². The molecular formula is C9H20ClN. The van der Waals surface area contributed by atoms with Crippen LogP contribution in [0.15, 0.2) is 0 Å². The van der Waals surface area contributed by atoms with Crippen molar-refractivity contribution in [3.05, 3.63) is 0 Å². The highest BCUT2D eigenvalue weighted by Gasteiger charge is 1.99.